The minimum atomic E-state index is -0.962. The van der Waals surface area contributed by atoms with Gasteiger partial charge >= 0.3 is 5.97 Å². The maximum absolute atomic E-state index is 14.2. The number of carbonyl (C=O) groups is 1. The number of likely N-dealkylation sites (tertiary alicyclic amines) is 1. The van der Waals surface area contributed by atoms with Gasteiger partial charge in [-0.15, -0.1) is 0 Å². The Labute approximate surface area is 270 Å². The topological polar surface area (TPSA) is 108 Å². The van der Waals surface area contributed by atoms with Gasteiger partial charge in [-0.25, -0.2) is 24.1 Å². The van der Waals surface area contributed by atoms with E-state index in [4.69, 9.17) is 26.1 Å². The van der Waals surface area contributed by atoms with E-state index in [1.165, 1.54) is 12.1 Å². The monoisotopic (exact) mass is 644 g/mol. The molecule has 1 N–H and O–H groups in total. The predicted octanol–water partition coefficient (Wildman–Crippen LogP) is 6.06. The van der Waals surface area contributed by atoms with Crippen molar-refractivity contribution in [1.82, 2.24) is 29.0 Å². The number of nitrogens with zero attached hydrogens (tertiary/aromatic N) is 6. The van der Waals surface area contributed by atoms with Gasteiger partial charge in [-0.1, -0.05) is 17.7 Å². The van der Waals surface area contributed by atoms with Crippen LogP contribution in [0.15, 0.2) is 67.1 Å². The first-order chi connectivity index (χ1) is 22.3. The lowest BCUT2D eigenvalue weighted by molar-refractivity contribution is 0.0265. The van der Waals surface area contributed by atoms with Gasteiger partial charge in [0.05, 0.1) is 47.4 Å². The number of fused-ring (bicyclic) bond motifs is 3. The number of pyridine rings is 1. The number of imidazole rings is 2. The van der Waals surface area contributed by atoms with E-state index in [-0.39, 0.29) is 24.0 Å². The Morgan fingerprint density at radius 3 is 2.65 bits per heavy atom. The van der Waals surface area contributed by atoms with Gasteiger partial charge in [0.15, 0.2) is 11.6 Å². The lowest BCUT2D eigenvalue weighted by Gasteiger charge is -2.37. The van der Waals surface area contributed by atoms with Crippen LogP contribution in [0.1, 0.15) is 47.3 Å². The second kappa shape index (κ2) is 12.7. The number of rotatable bonds is 11. The van der Waals surface area contributed by atoms with E-state index in [1.807, 2.05) is 30.7 Å². The Balaban J connectivity index is 1.05. The fourth-order valence-corrected chi connectivity index (χ4v) is 6.97. The van der Waals surface area contributed by atoms with Crippen LogP contribution in [-0.4, -0.2) is 59.3 Å². The molecule has 46 heavy (non-hydrogen) atoms. The number of hydrogen-bond donors (Lipinski definition) is 1. The maximum Gasteiger partial charge on any atom is 0.335 e. The Bertz CT molecular complexity index is 1880. The van der Waals surface area contributed by atoms with Crippen molar-refractivity contribution >= 4 is 28.6 Å². The highest BCUT2D eigenvalue weighted by atomic mass is 35.5. The van der Waals surface area contributed by atoms with Crippen molar-refractivity contribution in [2.75, 3.05) is 13.1 Å². The van der Waals surface area contributed by atoms with E-state index in [2.05, 4.69) is 30.9 Å². The molecule has 1 aliphatic carbocycles. The van der Waals surface area contributed by atoms with Crippen LogP contribution in [0.25, 0.3) is 11.0 Å². The van der Waals surface area contributed by atoms with Crippen LogP contribution in [0.3, 0.4) is 0 Å². The molecule has 1 saturated carbocycles. The average Bonchev–Trinajstić information content (AvgIpc) is 3.70. The Morgan fingerprint density at radius 2 is 1.89 bits per heavy atom. The van der Waals surface area contributed by atoms with Gasteiger partial charge in [0.2, 0.25) is 5.88 Å². The van der Waals surface area contributed by atoms with Crippen LogP contribution in [0.4, 0.5) is 4.39 Å². The summed E-state index contributed by atoms with van der Waals surface area (Å²) in [5, 5.41) is 9.97. The first-order valence-electron chi connectivity index (χ1n) is 15.5. The predicted molar refractivity (Wildman–Crippen MR) is 170 cm³/mol. The average molecular weight is 645 g/mol. The zero-order chi connectivity index (χ0) is 31.8. The lowest BCUT2D eigenvalue weighted by atomic mass is 9.95. The summed E-state index contributed by atoms with van der Waals surface area (Å²) in [6.45, 7) is 5.88. The number of piperidine rings is 1. The van der Waals surface area contributed by atoms with Crippen molar-refractivity contribution in [3.63, 3.8) is 0 Å². The Morgan fingerprint density at radius 1 is 1.07 bits per heavy atom. The largest absolute Gasteiger partial charge is 0.484 e. The van der Waals surface area contributed by atoms with Crippen LogP contribution in [0, 0.1) is 17.7 Å². The van der Waals surface area contributed by atoms with E-state index >= 15 is 0 Å². The summed E-state index contributed by atoms with van der Waals surface area (Å²) in [4.78, 5) is 28.2. The second-order valence-electron chi connectivity index (χ2n) is 12.0. The molecule has 2 aromatic carbocycles. The summed E-state index contributed by atoms with van der Waals surface area (Å²) in [6.07, 6.45) is 5.85. The molecule has 0 amide bonds. The highest BCUT2D eigenvalue weighted by Crippen LogP contribution is 2.40. The number of ether oxygens (including phenoxy) is 2. The van der Waals surface area contributed by atoms with Crippen molar-refractivity contribution in [2.45, 2.75) is 52.1 Å². The van der Waals surface area contributed by atoms with Gasteiger partial charge in [-0.2, -0.15) is 0 Å². The molecular weight excluding hydrogens is 611 g/mol. The minimum absolute atomic E-state index is 0.0458. The fraction of sp³-hybridized carbons (Fsp3) is 0.353. The smallest absolute Gasteiger partial charge is 0.335 e. The summed E-state index contributed by atoms with van der Waals surface area (Å²) < 4.78 is 30.5. The van der Waals surface area contributed by atoms with Gasteiger partial charge in [-0.3, -0.25) is 4.90 Å². The summed E-state index contributed by atoms with van der Waals surface area (Å²) in [5.74, 6) is 0.744. The van der Waals surface area contributed by atoms with E-state index in [0.717, 1.165) is 55.0 Å². The van der Waals surface area contributed by atoms with Crippen LogP contribution < -0.4 is 9.47 Å². The van der Waals surface area contributed by atoms with Gasteiger partial charge in [0.1, 0.15) is 18.5 Å². The molecule has 3 aromatic heterocycles. The molecule has 238 valence electrons. The third kappa shape index (κ3) is 6.17. The molecule has 5 aromatic rings. The number of carboxylic acid groups (broad SMARTS) is 1. The molecule has 2 atom stereocenters. The lowest BCUT2D eigenvalue weighted by Crippen LogP contribution is -2.47. The van der Waals surface area contributed by atoms with Crippen LogP contribution in [0.5, 0.6) is 11.6 Å². The molecule has 2 fully saturated rings. The molecule has 1 saturated heterocycles. The molecule has 2 bridgehead atoms. The molecular formula is C34H34ClFN6O4. The van der Waals surface area contributed by atoms with Crippen molar-refractivity contribution in [2.24, 2.45) is 11.8 Å². The van der Waals surface area contributed by atoms with Crippen LogP contribution in [-0.2, 0) is 26.2 Å². The summed E-state index contributed by atoms with van der Waals surface area (Å²) in [7, 11) is 0. The van der Waals surface area contributed by atoms with Crippen molar-refractivity contribution in [1.29, 1.82) is 0 Å². The normalized spacial score (nSPS) is 19.5. The van der Waals surface area contributed by atoms with E-state index < -0.39 is 11.8 Å². The molecule has 4 heterocycles. The fourth-order valence-electron chi connectivity index (χ4n) is 6.81. The number of hydrogen-bond acceptors (Lipinski definition) is 7. The van der Waals surface area contributed by atoms with E-state index in [0.29, 0.717) is 41.5 Å². The first-order valence-corrected chi connectivity index (χ1v) is 15.9. The van der Waals surface area contributed by atoms with Gasteiger partial charge in [-0.05, 0) is 62.2 Å². The highest BCUT2D eigenvalue weighted by molar-refractivity contribution is 6.30. The number of benzene rings is 2. The van der Waals surface area contributed by atoms with Gasteiger partial charge < -0.3 is 23.7 Å². The van der Waals surface area contributed by atoms with Gasteiger partial charge in [0.25, 0.3) is 0 Å². The second-order valence-corrected chi connectivity index (χ2v) is 12.4. The number of aromatic nitrogens is 5. The number of aryl methyl sites for hydroxylation is 1. The molecule has 2 unspecified atom stereocenters. The highest BCUT2D eigenvalue weighted by Gasteiger charge is 2.44. The number of carboxylic acids is 1. The van der Waals surface area contributed by atoms with Crippen molar-refractivity contribution < 1.29 is 23.8 Å². The molecule has 7 rings (SSSR count). The van der Waals surface area contributed by atoms with Crippen molar-refractivity contribution in [3.05, 3.63) is 101 Å². The molecule has 10 nitrogen and oxygen atoms in total. The summed E-state index contributed by atoms with van der Waals surface area (Å²) >= 11 is 5.85. The SMILES string of the molecule is CCn1cncc1Cn1c(CN2CC3CCC(C2)C3Oc2cccc(COc3ccc(Cl)cc3F)n2)nc2ccc(C(=O)O)cc21. The molecule has 2 aliphatic rings. The molecule has 0 spiro atoms. The number of halogens is 2. The van der Waals surface area contributed by atoms with E-state index in [1.54, 1.807) is 24.3 Å². The quantitative estimate of drug-likeness (QED) is 0.185. The zero-order valence-electron chi connectivity index (χ0n) is 25.4. The van der Waals surface area contributed by atoms with Crippen molar-refractivity contribution in [3.8, 4) is 11.6 Å². The van der Waals surface area contributed by atoms with Crippen LogP contribution in [0.2, 0.25) is 5.02 Å². The maximum atomic E-state index is 14.2. The first kappa shape index (κ1) is 30.2. The standard InChI is InChI=1S/C34H34ClFN6O4/c1-2-41-20-37-14-26(41)17-42-29-12-21(34(43)44)8-10-28(29)39-31(42)18-40-15-22-6-7-23(16-40)33(22)46-32-5-3-4-25(38-32)19-45-30-11-9-24(35)13-27(30)36/h3-5,8-14,20,22-23,33H,2,6-7,15-19H2,1H3,(H,43,44). The zero-order valence-corrected chi connectivity index (χ0v) is 26.1. The third-order valence-electron chi connectivity index (χ3n) is 9.03. The third-order valence-corrected chi connectivity index (χ3v) is 9.26. The summed E-state index contributed by atoms with van der Waals surface area (Å²) in [5.41, 5.74) is 3.49. The number of aromatic carboxylic acids is 1. The Kier molecular flexibility index (Phi) is 8.35. The molecule has 1 aliphatic heterocycles. The molecule has 12 heteroatoms. The van der Waals surface area contributed by atoms with E-state index in [9.17, 15) is 14.3 Å². The van der Waals surface area contributed by atoms with Gasteiger partial charge in [0, 0.05) is 48.8 Å². The summed E-state index contributed by atoms with van der Waals surface area (Å²) in [6, 6.07) is 15.0. The Hall–Kier alpha value is -4.48. The molecule has 0 radical (unpaired) electrons. The minimum Gasteiger partial charge on any atom is -0.484 e. The van der Waals surface area contributed by atoms with Crippen LogP contribution >= 0.6 is 11.6 Å².